The van der Waals surface area contributed by atoms with Crippen molar-refractivity contribution in [1.82, 2.24) is 10.0 Å². The molecule has 0 spiro atoms. The third-order valence-electron chi connectivity index (χ3n) is 2.79. The molecule has 0 aliphatic heterocycles. The smallest absolute Gasteiger partial charge is 0.250 e. The molecule has 1 heterocycles. The van der Waals surface area contributed by atoms with Gasteiger partial charge in [-0.15, -0.1) is 11.3 Å². The molecule has 1 aromatic heterocycles. The van der Waals surface area contributed by atoms with Gasteiger partial charge in [-0.05, 0) is 31.9 Å². The van der Waals surface area contributed by atoms with E-state index in [1.165, 1.54) is 11.3 Å². The summed E-state index contributed by atoms with van der Waals surface area (Å²) in [5.74, 6) is 0. The summed E-state index contributed by atoms with van der Waals surface area (Å²) in [6.07, 6.45) is 1.53. The fraction of sp³-hybridized carbons (Fsp3) is 0.714. The Hall–Kier alpha value is -0.470. The second kappa shape index (κ2) is 9.53. The Kier molecular flexibility index (Phi) is 8.43. The van der Waals surface area contributed by atoms with Gasteiger partial charge in [-0.1, -0.05) is 13.8 Å². The normalized spacial score (nSPS) is 12.2. The molecular formula is C14H26N2O3S2. The number of hydrogen-bond acceptors (Lipinski definition) is 5. The van der Waals surface area contributed by atoms with Gasteiger partial charge in [-0.3, -0.25) is 0 Å². The van der Waals surface area contributed by atoms with Gasteiger partial charge in [-0.25, -0.2) is 13.1 Å². The fourth-order valence-corrected chi connectivity index (χ4v) is 4.19. The molecule has 0 atom stereocenters. The first-order chi connectivity index (χ1) is 9.95. The van der Waals surface area contributed by atoms with Crippen molar-refractivity contribution in [3.8, 4) is 0 Å². The van der Waals surface area contributed by atoms with E-state index in [1.54, 1.807) is 6.07 Å². The molecule has 0 radical (unpaired) electrons. The maximum Gasteiger partial charge on any atom is 0.250 e. The number of nitrogens with one attached hydrogen (secondary N) is 2. The fourth-order valence-electron chi connectivity index (χ4n) is 1.72. The lowest BCUT2D eigenvalue weighted by Crippen LogP contribution is -2.25. The highest BCUT2D eigenvalue weighted by molar-refractivity contribution is 7.91. The van der Waals surface area contributed by atoms with Crippen LogP contribution in [0, 0.1) is 0 Å². The van der Waals surface area contributed by atoms with Crippen molar-refractivity contribution in [3.05, 3.63) is 17.0 Å². The van der Waals surface area contributed by atoms with Crippen LogP contribution in [0.25, 0.3) is 0 Å². The molecule has 0 aliphatic carbocycles. The highest BCUT2D eigenvalue weighted by Crippen LogP contribution is 2.21. The van der Waals surface area contributed by atoms with Crippen molar-refractivity contribution in [3.63, 3.8) is 0 Å². The lowest BCUT2D eigenvalue weighted by molar-refractivity contribution is 0.146. The lowest BCUT2D eigenvalue weighted by Gasteiger charge is -2.06. The molecule has 7 heteroatoms. The summed E-state index contributed by atoms with van der Waals surface area (Å²) >= 11 is 1.34. The van der Waals surface area contributed by atoms with Gasteiger partial charge in [0.05, 0.1) is 0 Å². The van der Waals surface area contributed by atoms with Crippen molar-refractivity contribution in [1.29, 1.82) is 0 Å². The average Bonchev–Trinajstić information content (AvgIpc) is 2.87. The predicted octanol–water partition coefficient (Wildman–Crippen LogP) is 1.99. The molecular weight excluding hydrogens is 308 g/mol. The average molecular weight is 335 g/mol. The van der Waals surface area contributed by atoms with Crippen LogP contribution >= 0.6 is 11.3 Å². The number of thiophene rings is 1. The van der Waals surface area contributed by atoms with E-state index in [4.69, 9.17) is 4.74 Å². The van der Waals surface area contributed by atoms with Gasteiger partial charge in [0, 0.05) is 37.2 Å². The summed E-state index contributed by atoms with van der Waals surface area (Å²) in [6.45, 7) is 8.61. The van der Waals surface area contributed by atoms with Crippen LogP contribution in [-0.4, -0.2) is 40.8 Å². The number of rotatable bonds is 11. The van der Waals surface area contributed by atoms with E-state index in [2.05, 4.69) is 23.9 Å². The summed E-state index contributed by atoms with van der Waals surface area (Å²) in [6, 6.07) is 4.02. The van der Waals surface area contributed by atoms with Crippen LogP contribution in [0.4, 0.5) is 0 Å². The minimum absolute atomic E-state index is 0.387. The van der Waals surface area contributed by atoms with Gasteiger partial charge < -0.3 is 10.1 Å². The first kappa shape index (κ1) is 18.6. The summed E-state index contributed by atoms with van der Waals surface area (Å²) < 4.78 is 32.4. The van der Waals surface area contributed by atoms with Crippen molar-refractivity contribution in [2.75, 3.05) is 26.3 Å². The van der Waals surface area contributed by atoms with Crippen LogP contribution in [-0.2, 0) is 21.2 Å². The van der Waals surface area contributed by atoms with E-state index >= 15 is 0 Å². The zero-order valence-corrected chi connectivity index (χ0v) is 14.6. The van der Waals surface area contributed by atoms with Crippen LogP contribution in [0.3, 0.4) is 0 Å². The van der Waals surface area contributed by atoms with Crippen LogP contribution in [0.2, 0.25) is 0 Å². The number of hydrogen-bond donors (Lipinski definition) is 2. The molecule has 0 bridgehead atoms. The van der Waals surface area contributed by atoms with Crippen molar-refractivity contribution >= 4 is 21.4 Å². The summed E-state index contributed by atoms with van der Waals surface area (Å²) in [5.41, 5.74) is 0. The standard InChI is InChI=1S/C14H26N2O3S2/c1-4-19-11-5-9-16-21(17,18)14-7-6-13(20-14)8-10-15-12(2)3/h6-7,12,15-16H,4-5,8-11H2,1-3H3. The zero-order chi connectivity index (χ0) is 15.7. The van der Waals surface area contributed by atoms with E-state index in [0.717, 1.165) is 17.8 Å². The van der Waals surface area contributed by atoms with Crippen LogP contribution in [0.5, 0.6) is 0 Å². The second-order valence-corrected chi connectivity index (χ2v) is 8.19. The molecule has 122 valence electrons. The summed E-state index contributed by atoms with van der Waals surface area (Å²) in [7, 11) is -3.38. The van der Waals surface area contributed by atoms with E-state index in [0.29, 0.717) is 36.4 Å². The minimum atomic E-state index is -3.38. The summed E-state index contributed by atoms with van der Waals surface area (Å²) in [5, 5.41) is 3.32. The second-order valence-electron chi connectivity index (χ2n) is 5.03. The monoisotopic (exact) mass is 334 g/mol. The third-order valence-corrected chi connectivity index (χ3v) is 5.89. The molecule has 0 unspecified atom stereocenters. The van der Waals surface area contributed by atoms with Gasteiger partial charge >= 0.3 is 0 Å². The van der Waals surface area contributed by atoms with Gasteiger partial charge in [0.25, 0.3) is 0 Å². The first-order valence-electron chi connectivity index (χ1n) is 7.35. The van der Waals surface area contributed by atoms with E-state index < -0.39 is 10.0 Å². The maximum absolute atomic E-state index is 12.1. The third kappa shape index (κ3) is 7.37. The highest BCUT2D eigenvalue weighted by atomic mass is 32.2. The Labute approximate surface area is 132 Å². The van der Waals surface area contributed by atoms with E-state index in [1.807, 2.05) is 13.0 Å². The molecule has 0 aliphatic rings. The lowest BCUT2D eigenvalue weighted by atomic mass is 10.3. The van der Waals surface area contributed by atoms with Crippen molar-refractivity contribution < 1.29 is 13.2 Å². The largest absolute Gasteiger partial charge is 0.382 e. The first-order valence-corrected chi connectivity index (χ1v) is 9.65. The topological polar surface area (TPSA) is 67.4 Å². The molecule has 1 aromatic rings. The number of sulfonamides is 1. The van der Waals surface area contributed by atoms with Crippen LogP contribution in [0.15, 0.2) is 16.3 Å². The minimum Gasteiger partial charge on any atom is -0.382 e. The molecule has 0 saturated carbocycles. The van der Waals surface area contributed by atoms with Gasteiger partial charge in [0.2, 0.25) is 10.0 Å². The predicted molar refractivity (Wildman–Crippen MR) is 87.5 cm³/mol. The molecule has 0 amide bonds. The molecule has 0 saturated heterocycles. The summed E-state index contributed by atoms with van der Waals surface area (Å²) in [4.78, 5) is 1.08. The zero-order valence-electron chi connectivity index (χ0n) is 13.0. The Balaban J connectivity index is 2.42. The Morgan fingerprint density at radius 2 is 2.05 bits per heavy atom. The Morgan fingerprint density at radius 1 is 1.29 bits per heavy atom. The maximum atomic E-state index is 12.1. The molecule has 1 rings (SSSR count). The highest BCUT2D eigenvalue weighted by Gasteiger charge is 2.16. The van der Waals surface area contributed by atoms with Gasteiger partial charge in [0.1, 0.15) is 4.21 Å². The van der Waals surface area contributed by atoms with Gasteiger partial charge in [-0.2, -0.15) is 0 Å². The SMILES string of the molecule is CCOCCCNS(=O)(=O)c1ccc(CCNC(C)C)s1. The van der Waals surface area contributed by atoms with E-state index in [9.17, 15) is 8.42 Å². The van der Waals surface area contributed by atoms with Crippen molar-refractivity contribution in [2.24, 2.45) is 0 Å². The molecule has 5 nitrogen and oxygen atoms in total. The molecule has 21 heavy (non-hydrogen) atoms. The Bertz CT molecular complexity index is 498. The van der Waals surface area contributed by atoms with Gasteiger partial charge in [0.15, 0.2) is 0 Å². The quantitative estimate of drug-likeness (QED) is 0.607. The molecule has 0 aromatic carbocycles. The van der Waals surface area contributed by atoms with E-state index in [-0.39, 0.29) is 0 Å². The van der Waals surface area contributed by atoms with Crippen molar-refractivity contribution in [2.45, 2.75) is 43.9 Å². The number of ether oxygens (including phenoxy) is 1. The van der Waals surface area contributed by atoms with Crippen LogP contribution < -0.4 is 10.0 Å². The van der Waals surface area contributed by atoms with Crippen LogP contribution in [0.1, 0.15) is 32.1 Å². The molecule has 0 fully saturated rings. The molecule has 2 N–H and O–H groups in total. The Morgan fingerprint density at radius 3 is 2.71 bits per heavy atom.